The van der Waals surface area contributed by atoms with E-state index < -0.39 is 0 Å². The van der Waals surface area contributed by atoms with Crippen LogP contribution in [0.4, 0.5) is 0 Å². The highest BCUT2D eigenvalue weighted by Gasteiger charge is 2.40. The van der Waals surface area contributed by atoms with E-state index in [1.54, 1.807) is 0 Å². The van der Waals surface area contributed by atoms with Crippen LogP contribution in [0.5, 0.6) is 0 Å². The maximum absolute atomic E-state index is 2.65. The van der Waals surface area contributed by atoms with Gasteiger partial charge in [0, 0.05) is 38.3 Å². The van der Waals surface area contributed by atoms with Gasteiger partial charge in [-0.3, -0.25) is 4.90 Å². The summed E-state index contributed by atoms with van der Waals surface area (Å²) in [5.41, 5.74) is 0.882. The highest BCUT2D eigenvalue weighted by Crippen LogP contribution is 2.35. The lowest BCUT2D eigenvalue weighted by molar-refractivity contribution is -0.0398. The van der Waals surface area contributed by atoms with Crippen molar-refractivity contribution in [2.75, 3.05) is 32.7 Å². The largest absolute Gasteiger partial charge is 0.302 e. The Bertz CT molecular complexity index is 232. The van der Waals surface area contributed by atoms with Crippen LogP contribution in [0.25, 0.3) is 0 Å². The minimum absolute atomic E-state index is 0.374. The van der Waals surface area contributed by atoms with Gasteiger partial charge in [-0.1, -0.05) is 20.8 Å². The second-order valence-electron chi connectivity index (χ2n) is 8.22. The van der Waals surface area contributed by atoms with Crippen LogP contribution in [0.1, 0.15) is 41.5 Å². The molecule has 0 aromatic rings. The van der Waals surface area contributed by atoms with Crippen LogP contribution in [0.15, 0.2) is 0 Å². The summed E-state index contributed by atoms with van der Waals surface area (Å²) in [6.45, 7) is 20.7. The molecule has 2 fully saturated rings. The van der Waals surface area contributed by atoms with Gasteiger partial charge in [-0.2, -0.15) is 0 Å². The molecule has 0 aromatic heterocycles. The van der Waals surface area contributed by atoms with Crippen molar-refractivity contribution < 1.29 is 0 Å². The van der Waals surface area contributed by atoms with Gasteiger partial charge in [0.1, 0.15) is 0 Å². The molecule has 0 saturated carbocycles. The average Bonchev–Trinajstić information content (AvgIpc) is 1.91. The van der Waals surface area contributed by atoms with E-state index in [1.807, 2.05) is 0 Å². The minimum atomic E-state index is 0.374. The molecule has 0 unspecified atom stereocenters. The average molecular weight is 238 g/mol. The molecule has 0 aromatic carbocycles. The number of hydrogen-bond acceptors (Lipinski definition) is 2. The topological polar surface area (TPSA) is 6.48 Å². The van der Waals surface area contributed by atoms with Crippen molar-refractivity contribution in [3.63, 3.8) is 0 Å². The number of rotatable bonds is 2. The summed E-state index contributed by atoms with van der Waals surface area (Å²) in [7, 11) is 0. The third-order valence-corrected chi connectivity index (χ3v) is 4.60. The molecule has 0 spiro atoms. The van der Waals surface area contributed by atoms with Gasteiger partial charge in [0.05, 0.1) is 0 Å². The molecule has 0 radical (unpaired) electrons. The second kappa shape index (κ2) is 4.24. The lowest BCUT2D eigenvalue weighted by atomic mass is 9.75. The van der Waals surface area contributed by atoms with Crippen molar-refractivity contribution >= 4 is 0 Å². The molecule has 0 aliphatic carbocycles. The van der Waals surface area contributed by atoms with Crippen LogP contribution in [-0.2, 0) is 0 Å². The van der Waals surface area contributed by atoms with Crippen LogP contribution in [-0.4, -0.2) is 48.1 Å². The third kappa shape index (κ3) is 3.03. The van der Waals surface area contributed by atoms with E-state index in [9.17, 15) is 0 Å². The van der Waals surface area contributed by atoms with Gasteiger partial charge in [-0.15, -0.1) is 0 Å². The van der Waals surface area contributed by atoms with Crippen LogP contribution >= 0.6 is 0 Å². The fraction of sp³-hybridized carbons (Fsp3) is 1.00. The Labute approximate surface area is 107 Å². The standard InChI is InChI=1S/C15H30N2/c1-14(2,3)13-10-16(11-13)7-12-8-17(9-12)15(4,5)6/h12-13H,7-11H2,1-6H3. The van der Waals surface area contributed by atoms with Crippen LogP contribution in [0.3, 0.4) is 0 Å². The minimum Gasteiger partial charge on any atom is -0.302 e. The summed E-state index contributed by atoms with van der Waals surface area (Å²) in [5.74, 6) is 1.84. The zero-order valence-electron chi connectivity index (χ0n) is 12.6. The molecule has 2 aliphatic rings. The molecule has 0 bridgehead atoms. The molecule has 2 heterocycles. The Morgan fingerprint density at radius 3 is 1.82 bits per heavy atom. The summed E-state index contributed by atoms with van der Waals surface area (Å²) in [6.07, 6.45) is 0. The van der Waals surface area contributed by atoms with E-state index in [0.29, 0.717) is 11.0 Å². The number of likely N-dealkylation sites (tertiary alicyclic amines) is 2. The van der Waals surface area contributed by atoms with Crippen LogP contribution in [0, 0.1) is 17.3 Å². The maximum Gasteiger partial charge on any atom is 0.0125 e. The van der Waals surface area contributed by atoms with E-state index in [2.05, 4.69) is 51.3 Å². The predicted molar refractivity (Wildman–Crippen MR) is 74.2 cm³/mol. The fourth-order valence-electron chi connectivity index (χ4n) is 2.86. The second-order valence-corrected chi connectivity index (χ2v) is 8.22. The Morgan fingerprint density at radius 1 is 0.882 bits per heavy atom. The summed E-state index contributed by atoms with van der Waals surface area (Å²) in [6, 6.07) is 0. The Balaban J connectivity index is 1.64. The molecule has 100 valence electrons. The predicted octanol–water partition coefficient (Wildman–Crippen LogP) is 2.69. The van der Waals surface area contributed by atoms with Crippen molar-refractivity contribution in [1.82, 2.24) is 9.80 Å². The first-order valence-electron chi connectivity index (χ1n) is 7.13. The number of hydrogen-bond donors (Lipinski definition) is 0. The monoisotopic (exact) mass is 238 g/mol. The van der Waals surface area contributed by atoms with E-state index >= 15 is 0 Å². The molecule has 17 heavy (non-hydrogen) atoms. The first-order chi connectivity index (χ1) is 7.66. The molecular weight excluding hydrogens is 208 g/mol. The summed E-state index contributed by atoms with van der Waals surface area (Å²) >= 11 is 0. The molecule has 0 atom stereocenters. The van der Waals surface area contributed by atoms with Crippen molar-refractivity contribution in [3.05, 3.63) is 0 Å². The smallest absolute Gasteiger partial charge is 0.0125 e. The third-order valence-electron chi connectivity index (χ3n) is 4.60. The lowest BCUT2D eigenvalue weighted by Crippen LogP contribution is -2.61. The SMILES string of the molecule is CC(C)(C)C1CN(CC2CN(C(C)(C)C)C2)C1. The van der Waals surface area contributed by atoms with E-state index in [4.69, 9.17) is 0 Å². The van der Waals surface area contributed by atoms with E-state index in [-0.39, 0.29) is 0 Å². The normalized spacial score (nSPS) is 25.8. The van der Waals surface area contributed by atoms with Crippen molar-refractivity contribution in [2.45, 2.75) is 47.1 Å². The molecule has 2 aliphatic heterocycles. The molecule has 0 N–H and O–H groups in total. The molecule has 2 nitrogen and oxygen atoms in total. The quantitative estimate of drug-likeness (QED) is 0.730. The van der Waals surface area contributed by atoms with Gasteiger partial charge in [0.2, 0.25) is 0 Å². The van der Waals surface area contributed by atoms with E-state index in [0.717, 1.165) is 11.8 Å². The Kier molecular flexibility index (Phi) is 3.33. The summed E-state index contributed by atoms with van der Waals surface area (Å²) < 4.78 is 0. The van der Waals surface area contributed by atoms with Gasteiger partial charge in [-0.05, 0) is 38.0 Å². The molecule has 0 amide bonds. The first kappa shape index (κ1) is 13.4. The van der Waals surface area contributed by atoms with Gasteiger partial charge in [0.25, 0.3) is 0 Å². The zero-order chi connectivity index (χ0) is 12.8. The number of nitrogens with zero attached hydrogens (tertiary/aromatic N) is 2. The Hall–Kier alpha value is -0.0800. The van der Waals surface area contributed by atoms with Crippen LogP contribution in [0.2, 0.25) is 0 Å². The highest BCUT2D eigenvalue weighted by atomic mass is 15.3. The summed E-state index contributed by atoms with van der Waals surface area (Å²) in [5, 5.41) is 0. The van der Waals surface area contributed by atoms with Crippen LogP contribution < -0.4 is 0 Å². The Morgan fingerprint density at radius 2 is 1.41 bits per heavy atom. The van der Waals surface area contributed by atoms with Crippen molar-refractivity contribution in [2.24, 2.45) is 17.3 Å². The van der Waals surface area contributed by atoms with Gasteiger partial charge in [-0.25, -0.2) is 0 Å². The fourth-order valence-corrected chi connectivity index (χ4v) is 2.86. The molecule has 2 rings (SSSR count). The van der Waals surface area contributed by atoms with Gasteiger partial charge < -0.3 is 4.90 Å². The van der Waals surface area contributed by atoms with Crippen molar-refractivity contribution in [1.29, 1.82) is 0 Å². The summed E-state index contributed by atoms with van der Waals surface area (Å²) in [4.78, 5) is 5.25. The molecule has 2 saturated heterocycles. The lowest BCUT2D eigenvalue weighted by Gasteiger charge is -2.52. The van der Waals surface area contributed by atoms with Gasteiger partial charge in [0.15, 0.2) is 0 Å². The first-order valence-corrected chi connectivity index (χ1v) is 7.13. The molecule has 2 heteroatoms. The van der Waals surface area contributed by atoms with Crippen molar-refractivity contribution in [3.8, 4) is 0 Å². The highest BCUT2D eigenvalue weighted by molar-refractivity contribution is 4.94. The maximum atomic E-state index is 2.65. The zero-order valence-corrected chi connectivity index (χ0v) is 12.6. The van der Waals surface area contributed by atoms with Gasteiger partial charge >= 0.3 is 0 Å². The molecular formula is C15H30N2. The van der Waals surface area contributed by atoms with E-state index in [1.165, 1.54) is 32.7 Å².